The van der Waals surface area contributed by atoms with Crippen LogP contribution in [0.15, 0.2) is 65.8 Å². The molecule has 1 saturated heterocycles. The van der Waals surface area contributed by atoms with E-state index in [0.29, 0.717) is 12.8 Å². The van der Waals surface area contributed by atoms with Crippen LogP contribution in [0.25, 0.3) is 10.8 Å². The van der Waals surface area contributed by atoms with Crippen LogP contribution < -0.4 is 4.74 Å². The summed E-state index contributed by atoms with van der Waals surface area (Å²) < 4.78 is 12.1. The first-order valence-corrected chi connectivity index (χ1v) is 12.4. The SMILES string of the molecule is CC.C\C=C/C=C(/C=C(\C)Cc1cc(C2CC(O)CC(C)O2)c(OC)c2ccccc12)CC. The summed E-state index contributed by atoms with van der Waals surface area (Å²) in [5, 5.41) is 12.7. The molecule has 2 aromatic rings. The van der Waals surface area contributed by atoms with E-state index in [-0.39, 0.29) is 18.3 Å². The number of hydrogen-bond donors (Lipinski definition) is 1. The molecule has 3 rings (SSSR count). The smallest absolute Gasteiger partial charge is 0.132 e. The molecule has 1 heterocycles. The van der Waals surface area contributed by atoms with Gasteiger partial charge in [0.15, 0.2) is 0 Å². The Morgan fingerprint density at radius 2 is 1.88 bits per heavy atom. The quantitative estimate of drug-likeness (QED) is 0.436. The minimum absolute atomic E-state index is 0.0267. The van der Waals surface area contributed by atoms with Gasteiger partial charge in [-0.15, -0.1) is 0 Å². The van der Waals surface area contributed by atoms with Crippen molar-refractivity contribution >= 4 is 10.8 Å². The monoisotopic (exact) mass is 450 g/mol. The third-order valence-electron chi connectivity index (χ3n) is 5.96. The van der Waals surface area contributed by atoms with E-state index in [4.69, 9.17) is 9.47 Å². The van der Waals surface area contributed by atoms with Gasteiger partial charge in [-0.2, -0.15) is 0 Å². The molecule has 0 aliphatic carbocycles. The van der Waals surface area contributed by atoms with E-state index in [0.717, 1.165) is 29.5 Å². The Kier molecular flexibility index (Phi) is 10.9. The highest BCUT2D eigenvalue weighted by Gasteiger charge is 2.30. The summed E-state index contributed by atoms with van der Waals surface area (Å²) in [5.41, 5.74) is 4.94. The molecule has 1 aliphatic rings. The van der Waals surface area contributed by atoms with Crippen molar-refractivity contribution in [2.75, 3.05) is 7.11 Å². The second kappa shape index (κ2) is 13.4. The first-order valence-electron chi connectivity index (χ1n) is 12.4. The molecule has 3 heteroatoms. The molecule has 3 atom stereocenters. The normalized spacial score (nSPS) is 21.8. The van der Waals surface area contributed by atoms with Crippen LogP contribution in [0.5, 0.6) is 5.75 Å². The summed E-state index contributed by atoms with van der Waals surface area (Å²) in [6.45, 7) is 12.4. The maximum absolute atomic E-state index is 10.4. The maximum atomic E-state index is 10.4. The van der Waals surface area contributed by atoms with E-state index >= 15 is 0 Å². The first kappa shape index (κ1) is 26.9. The van der Waals surface area contributed by atoms with Gasteiger partial charge in [-0.3, -0.25) is 0 Å². The number of methoxy groups -OCH3 is 1. The topological polar surface area (TPSA) is 38.7 Å². The van der Waals surface area contributed by atoms with Crippen molar-refractivity contribution in [3.63, 3.8) is 0 Å². The second-order valence-corrected chi connectivity index (χ2v) is 8.55. The van der Waals surface area contributed by atoms with Crippen LogP contribution in [-0.2, 0) is 11.2 Å². The average molecular weight is 451 g/mol. The van der Waals surface area contributed by atoms with E-state index in [9.17, 15) is 5.11 Å². The number of hydrogen-bond acceptors (Lipinski definition) is 3. The van der Waals surface area contributed by atoms with Gasteiger partial charge < -0.3 is 14.6 Å². The van der Waals surface area contributed by atoms with Gasteiger partial charge >= 0.3 is 0 Å². The van der Waals surface area contributed by atoms with E-state index in [1.54, 1.807) is 7.11 Å². The number of aliphatic hydroxyl groups is 1. The molecular formula is C30H42O3. The summed E-state index contributed by atoms with van der Waals surface area (Å²) >= 11 is 0. The third kappa shape index (κ3) is 7.06. The van der Waals surface area contributed by atoms with Crippen LogP contribution in [0, 0.1) is 0 Å². The summed E-state index contributed by atoms with van der Waals surface area (Å²) in [4.78, 5) is 0. The number of benzene rings is 2. The number of allylic oxidation sites excluding steroid dienone is 6. The minimum Gasteiger partial charge on any atom is -0.496 e. The molecule has 0 radical (unpaired) electrons. The molecule has 1 aliphatic heterocycles. The number of rotatable bonds is 7. The van der Waals surface area contributed by atoms with Gasteiger partial charge in [-0.25, -0.2) is 0 Å². The fraction of sp³-hybridized carbons (Fsp3) is 0.467. The van der Waals surface area contributed by atoms with Gasteiger partial charge in [0.1, 0.15) is 5.75 Å². The van der Waals surface area contributed by atoms with Crippen LogP contribution in [0.4, 0.5) is 0 Å². The fourth-order valence-electron chi connectivity index (χ4n) is 4.53. The zero-order valence-electron chi connectivity index (χ0n) is 21.5. The van der Waals surface area contributed by atoms with Gasteiger partial charge in [0, 0.05) is 17.4 Å². The van der Waals surface area contributed by atoms with Crippen molar-refractivity contribution in [3.8, 4) is 5.75 Å². The Bertz CT molecular complexity index is 973. The van der Waals surface area contributed by atoms with Crippen LogP contribution in [-0.4, -0.2) is 24.4 Å². The zero-order chi connectivity index (χ0) is 24.4. The standard InChI is InChI=1S/C28H36O3.C2H6/c1-6-8-11-21(7-2)14-19(3)15-22-17-26(27-18-23(29)16-20(4)31-27)28(30-5)25-13-10-9-12-24(22)25;1-2/h6,8-14,17,20,23,27,29H,7,15-16,18H2,1-5H3;1-2H3/b8-6-,19-14+,21-11+;. The molecule has 33 heavy (non-hydrogen) atoms. The Labute approximate surface area is 200 Å². The Hall–Kier alpha value is -2.36. The largest absolute Gasteiger partial charge is 0.496 e. The number of fused-ring (bicyclic) bond motifs is 1. The summed E-state index contributed by atoms with van der Waals surface area (Å²) in [6, 6.07) is 10.6. The first-order chi connectivity index (χ1) is 16.0. The highest BCUT2D eigenvalue weighted by molar-refractivity contribution is 5.92. The molecule has 0 aromatic heterocycles. The molecule has 2 aromatic carbocycles. The lowest BCUT2D eigenvalue weighted by molar-refractivity contribution is -0.0900. The lowest BCUT2D eigenvalue weighted by Crippen LogP contribution is -2.29. The number of aliphatic hydroxyl groups excluding tert-OH is 1. The Morgan fingerprint density at radius 3 is 2.48 bits per heavy atom. The number of ether oxygens (including phenoxy) is 2. The van der Waals surface area contributed by atoms with E-state index in [1.165, 1.54) is 22.1 Å². The van der Waals surface area contributed by atoms with Crippen molar-refractivity contribution in [3.05, 3.63) is 76.9 Å². The highest BCUT2D eigenvalue weighted by Crippen LogP contribution is 2.42. The van der Waals surface area contributed by atoms with Crippen molar-refractivity contribution in [1.29, 1.82) is 0 Å². The van der Waals surface area contributed by atoms with E-state index in [1.807, 2.05) is 27.7 Å². The van der Waals surface area contributed by atoms with Crippen LogP contribution in [0.2, 0.25) is 0 Å². The molecule has 0 amide bonds. The predicted molar refractivity (Wildman–Crippen MR) is 141 cm³/mol. The summed E-state index contributed by atoms with van der Waals surface area (Å²) in [5.74, 6) is 0.856. The third-order valence-corrected chi connectivity index (χ3v) is 5.96. The van der Waals surface area contributed by atoms with Crippen molar-refractivity contribution < 1.29 is 14.6 Å². The molecular weight excluding hydrogens is 408 g/mol. The van der Waals surface area contributed by atoms with Gasteiger partial charge in [0.05, 0.1) is 25.4 Å². The lowest BCUT2D eigenvalue weighted by Gasteiger charge is -2.33. The Morgan fingerprint density at radius 1 is 1.18 bits per heavy atom. The van der Waals surface area contributed by atoms with Crippen LogP contribution >= 0.6 is 0 Å². The molecule has 1 fully saturated rings. The maximum Gasteiger partial charge on any atom is 0.132 e. The van der Waals surface area contributed by atoms with Gasteiger partial charge in [-0.05, 0) is 62.6 Å². The zero-order valence-corrected chi connectivity index (χ0v) is 21.5. The fourth-order valence-corrected chi connectivity index (χ4v) is 4.53. The average Bonchev–Trinajstić information content (AvgIpc) is 2.82. The molecule has 180 valence electrons. The molecule has 0 spiro atoms. The molecule has 3 nitrogen and oxygen atoms in total. The van der Waals surface area contributed by atoms with E-state index < -0.39 is 0 Å². The van der Waals surface area contributed by atoms with Gasteiger partial charge in [0.2, 0.25) is 0 Å². The van der Waals surface area contributed by atoms with Crippen molar-refractivity contribution in [1.82, 2.24) is 0 Å². The summed E-state index contributed by atoms with van der Waals surface area (Å²) in [6.07, 6.45) is 11.3. The molecule has 1 N–H and O–H groups in total. The molecule has 0 bridgehead atoms. The minimum atomic E-state index is -0.348. The summed E-state index contributed by atoms with van der Waals surface area (Å²) in [7, 11) is 1.72. The molecule has 3 unspecified atom stereocenters. The second-order valence-electron chi connectivity index (χ2n) is 8.55. The van der Waals surface area contributed by atoms with Gasteiger partial charge in [0.25, 0.3) is 0 Å². The van der Waals surface area contributed by atoms with Gasteiger partial charge in [-0.1, -0.05) is 74.9 Å². The van der Waals surface area contributed by atoms with Crippen LogP contribution in [0.1, 0.15) is 78.0 Å². The Balaban J connectivity index is 0.00000187. The van der Waals surface area contributed by atoms with Crippen molar-refractivity contribution in [2.45, 2.75) is 85.5 Å². The molecule has 0 saturated carbocycles. The lowest BCUT2D eigenvalue weighted by atomic mass is 9.89. The van der Waals surface area contributed by atoms with Crippen LogP contribution in [0.3, 0.4) is 0 Å². The van der Waals surface area contributed by atoms with Crippen molar-refractivity contribution in [2.24, 2.45) is 0 Å². The van der Waals surface area contributed by atoms with E-state index in [2.05, 4.69) is 68.5 Å². The predicted octanol–water partition coefficient (Wildman–Crippen LogP) is 7.88. The highest BCUT2D eigenvalue weighted by atomic mass is 16.5.